The molecule has 4 N–H and O–H groups in total. The Morgan fingerprint density at radius 3 is 2.60 bits per heavy atom. The lowest BCUT2D eigenvalue weighted by molar-refractivity contribution is 0.410. The first kappa shape index (κ1) is 27.5. The molecule has 2 heterocycles. The lowest BCUT2D eigenvalue weighted by atomic mass is 9.92. The zero-order valence-electron chi connectivity index (χ0n) is 22.0. The zero-order chi connectivity index (χ0) is 28.1. The normalized spacial score (nSPS) is 17.3. The van der Waals surface area contributed by atoms with Crippen LogP contribution in [-0.4, -0.2) is 35.5 Å². The van der Waals surface area contributed by atoms with Crippen LogP contribution in [0.25, 0.3) is 11.3 Å². The first-order valence-electron chi connectivity index (χ1n) is 13.2. The number of ether oxygens (including phenoxy) is 1. The molecule has 9 nitrogen and oxygen atoms in total. The van der Waals surface area contributed by atoms with Gasteiger partial charge in [0.2, 0.25) is 5.95 Å². The van der Waals surface area contributed by atoms with Crippen LogP contribution >= 0.6 is 0 Å². The molecule has 1 aliphatic rings. The lowest BCUT2D eigenvalue weighted by Crippen LogP contribution is -2.33. The van der Waals surface area contributed by atoms with Crippen LogP contribution in [0.1, 0.15) is 38.2 Å². The SMILES string of the molecule is CCc1ccccc1S(=O)(=O)Nc1ccc(Oc2ccncc2-c2ccnc(NC3CCC(N)CC3)n2)c(F)c1. The third kappa shape index (κ3) is 6.37. The van der Waals surface area contributed by atoms with Crippen molar-refractivity contribution in [3.63, 3.8) is 0 Å². The standard InChI is InChI=1S/C29H31FN6O3S/c1-2-19-5-3-4-6-28(19)40(37,38)36-22-11-12-27(24(30)17-22)39-26-14-15-32-18-23(26)25-13-16-33-29(35-25)34-21-9-7-20(31)8-10-21/h3-6,11-18,20-21,36H,2,7-10,31H2,1H3,(H,33,34,35). The van der Waals surface area contributed by atoms with Crippen LogP contribution in [0, 0.1) is 5.82 Å². The quantitative estimate of drug-likeness (QED) is 0.243. The van der Waals surface area contributed by atoms with E-state index < -0.39 is 15.8 Å². The first-order valence-corrected chi connectivity index (χ1v) is 14.7. The highest BCUT2D eigenvalue weighted by atomic mass is 32.2. The van der Waals surface area contributed by atoms with Crippen LogP contribution in [-0.2, 0) is 16.4 Å². The van der Waals surface area contributed by atoms with Gasteiger partial charge in [0.05, 0.1) is 21.8 Å². The molecule has 1 aliphatic carbocycles. The minimum atomic E-state index is -3.90. The molecule has 4 aromatic rings. The molecule has 5 rings (SSSR count). The Hall–Kier alpha value is -4.09. The van der Waals surface area contributed by atoms with Gasteiger partial charge in [-0.25, -0.2) is 22.8 Å². The van der Waals surface area contributed by atoms with Crippen molar-refractivity contribution in [2.24, 2.45) is 5.73 Å². The van der Waals surface area contributed by atoms with Crippen LogP contribution in [0.3, 0.4) is 0 Å². The Morgan fingerprint density at radius 2 is 1.82 bits per heavy atom. The number of rotatable bonds is 9. The summed E-state index contributed by atoms with van der Waals surface area (Å²) in [6.45, 7) is 1.87. The number of nitrogens with zero attached hydrogens (tertiary/aromatic N) is 3. The van der Waals surface area contributed by atoms with Gasteiger partial charge < -0.3 is 15.8 Å². The summed E-state index contributed by atoms with van der Waals surface area (Å²) in [5, 5.41) is 3.38. The van der Waals surface area contributed by atoms with Gasteiger partial charge in [-0.15, -0.1) is 0 Å². The smallest absolute Gasteiger partial charge is 0.262 e. The van der Waals surface area contributed by atoms with E-state index in [0.29, 0.717) is 34.9 Å². The molecule has 2 aromatic carbocycles. The summed E-state index contributed by atoms with van der Waals surface area (Å²) in [5.41, 5.74) is 7.89. The van der Waals surface area contributed by atoms with Crippen molar-refractivity contribution in [1.29, 1.82) is 0 Å². The highest BCUT2D eigenvalue weighted by Gasteiger charge is 2.21. The van der Waals surface area contributed by atoms with Gasteiger partial charge in [0, 0.05) is 36.7 Å². The Morgan fingerprint density at radius 1 is 1.02 bits per heavy atom. The number of aryl methyl sites for hydroxylation is 1. The van der Waals surface area contributed by atoms with Crippen LogP contribution in [0.15, 0.2) is 78.1 Å². The van der Waals surface area contributed by atoms with E-state index in [1.54, 1.807) is 42.7 Å². The lowest BCUT2D eigenvalue weighted by Gasteiger charge is -2.26. The molecule has 0 unspecified atom stereocenters. The van der Waals surface area contributed by atoms with Gasteiger partial charge >= 0.3 is 0 Å². The van der Waals surface area contributed by atoms with Crippen LogP contribution in [0.4, 0.5) is 16.0 Å². The largest absolute Gasteiger partial charge is 0.453 e. The van der Waals surface area contributed by atoms with Gasteiger partial charge in [-0.05, 0) is 68.0 Å². The fourth-order valence-corrected chi connectivity index (χ4v) is 6.08. The summed E-state index contributed by atoms with van der Waals surface area (Å²) in [5.74, 6) is 0.0234. The van der Waals surface area contributed by atoms with Gasteiger partial charge in [0.1, 0.15) is 5.75 Å². The van der Waals surface area contributed by atoms with E-state index in [1.807, 2.05) is 6.92 Å². The molecule has 1 saturated carbocycles. The number of nitrogens with one attached hydrogen (secondary N) is 2. The second-order valence-corrected chi connectivity index (χ2v) is 11.4. The summed E-state index contributed by atoms with van der Waals surface area (Å²) in [6, 6.07) is 14.5. The van der Waals surface area contributed by atoms with Crippen molar-refractivity contribution < 1.29 is 17.5 Å². The molecule has 208 valence electrons. The van der Waals surface area contributed by atoms with Gasteiger partial charge in [-0.2, -0.15) is 0 Å². The van der Waals surface area contributed by atoms with E-state index >= 15 is 4.39 Å². The topological polar surface area (TPSA) is 132 Å². The molecular formula is C29H31FN6O3S. The van der Waals surface area contributed by atoms with Crippen molar-refractivity contribution >= 4 is 21.7 Å². The molecule has 0 atom stereocenters. The summed E-state index contributed by atoms with van der Waals surface area (Å²) in [7, 11) is -3.90. The average Bonchev–Trinajstić information content (AvgIpc) is 2.96. The number of benzene rings is 2. The number of anilines is 2. The van der Waals surface area contributed by atoms with Crippen molar-refractivity contribution in [3.05, 3.63) is 84.6 Å². The maximum absolute atomic E-state index is 15.1. The monoisotopic (exact) mass is 562 g/mol. The molecule has 0 bridgehead atoms. The number of halogens is 1. The molecule has 1 fully saturated rings. The van der Waals surface area contributed by atoms with Gasteiger partial charge in [-0.1, -0.05) is 25.1 Å². The summed E-state index contributed by atoms with van der Waals surface area (Å²) in [6.07, 6.45) is 9.13. The van der Waals surface area contributed by atoms with E-state index in [-0.39, 0.29) is 28.4 Å². The predicted octanol–water partition coefficient (Wildman–Crippen LogP) is 5.52. The highest BCUT2D eigenvalue weighted by Crippen LogP contribution is 2.34. The van der Waals surface area contributed by atoms with Crippen molar-refractivity contribution in [2.75, 3.05) is 10.0 Å². The number of pyridine rings is 1. The maximum Gasteiger partial charge on any atom is 0.262 e. The predicted molar refractivity (Wildman–Crippen MR) is 152 cm³/mol. The van der Waals surface area contributed by atoms with E-state index in [0.717, 1.165) is 31.7 Å². The molecule has 40 heavy (non-hydrogen) atoms. The molecule has 0 radical (unpaired) electrons. The molecular weight excluding hydrogens is 531 g/mol. The van der Waals surface area contributed by atoms with E-state index in [1.165, 1.54) is 24.4 Å². The van der Waals surface area contributed by atoms with Crippen molar-refractivity contribution in [1.82, 2.24) is 15.0 Å². The highest BCUT2D eigenvalue weighted by molar-refractivity contribution is 7.92. The molecule has 0 saturated heterocycles. The molecule has 11 heteroatoms. The fraction of sp³-hybridized carbons (Fsp3) is 0.276. The van der Waals surface area contributed by atoms with Gasteiger partial charge in [-0.3, -0.25) is 9.71 Å². The Kier molecular flexibility index (Phi) is 8.22. The number of nitrogens with two attached hydrogens (primary N) is 1. The average molecular weight is 563 g/mol. The maximum atomic E-state index is 15.1. The minimum absolute atomic E-state index is 0.0738. The molecule has 0 spiro atoms. The molecule has 0 aliphatic heterocycles. The van der Waals surface area contributed by atoms with Gasteiger partial charge in [0.15, 0.2) is 11.6 Å². The number of hydrogen-bond donors (Lipinski definition) is 3. The zero-order valence-corrected chi connectivity index (χ0v) is 22.9. The minimum Gasteiger partial charge on any atom is -0.453 e. The Labute approximate surface area is 233 Å². The second kappa shape index (κ2) is 12.0. The van der Waals surface area contributed by atoms with Crippen LogP contribution < -0.4 is 20.5 Å². The van der Waals surface area contributed by atoms with E-state index in [2.05, 4.69) is 25.0 Å². The number of hydrogen-bond acceptors (Lipinski definition) is 8. The second-order valence-electron chi connectivity index (χ2n) is 9.71. The summed E-state index contributed by atoms with van der Waals surface area (Å²) in [4.78, 5) is 13.3. The van der Waals surface area contributed by atoms with Crippen molar-refractivity contribution in [3.8, 4) is 22.8 Å². The Bertz CT molecular complexity index is 1590. The van der Waals surface area contributed by atoms with Crippen LogP contribution in [0.2, 0.25) is 0 Å². The summed E-state index contributed by atoms with van der Waals surface area (Å²) < 4.78 is 49.4. The molecule has 2 aromatic heterocycles. The fourth-order valence-electron chi connectivity index (χ4n) is 4.72. The van der Waals surface area contributed by atoms with E-state index in [4.69, 9.17) is 10.5 Å². The summed E-state index contributed by atoms with van der Waals surface area (Å²) >= 11 is 0. The first-order chi connectivity index (χ1) is 19.3. The molecule has 0 amide bonds. The number of aromatic nitrogens is 3. The number of sulfonamides is 1. The third-order valence-electron chi connectivity index (χ3n) is 6.86. The van der Waals surface area contributed by atoms with Crippen molar-refractivity contribution in [2.45, 2.75) is 56.0 Å². The van der Waals surface area contributed by atoms with Crippen LogP contribution in [0.5, 0.6) is 11.5 Å². The van der Waals surface area contributed by atoms with E-state index in [9.17, 15) is 8.42 Å². The Balaban J connectivity index is 1.34. The van der Waals surface area contributed by atoms with Gasteiger partial charge in [0.25, 0.3) is 10.0 Å². The third-order valence-corrected chi connectivity index (χ3v) is 8.35.